The molecule has 0 radical (unpaired) electrons. The monoisotopic (exact) mass is 303 g/mol. The van der Waals surface area contributed by atoms with Crippen molar-refractivity contribution in [3.05, 3.63) is 29.3 Å². The van der Waals surface area contributed by atoms with Crippen molar-refractivity contribution in [3.63, 3.8) is 0 Å². The van der Waals surface area contributed by atoms with E-state index in [4.69, 9.17) is 16.3 Å². The predicted octanol–water partition coefficient (Wildman–Crippen LogP) is 2.58. The summed E-state index contributed by atoms with van der Waals surface area (Å²) in [5.74, 6) is 0. The van der Waals surface area contributed by atoms with Crippen LogP contribution in [0.4, 0.5) is 0 Å². The van der Waals surface area contributed by atoms with Gasteiger partial charge >= 0.3 is 0 Å². The normalized spacial score (nSPS) is 24.3. The Bertz CT molecular complexity index is 515. The average molecular weight is 304 g/mol. The van der Waals surface area contributed by atoms with Crippen LogP contribution in [0.15, 0.2) is 29.2 Å². The fourth-order valence-electron chi connectivity index (χ4n) is 2.39. The van der Waals surface area contributed by atoms with Crippen molar-refractivity contribution < 1.29 is 13.2 Å². The van der Waals surface area contributed by atoms with Crippen molar-refractivity contribution in [2.45, 2.75) is 42.7 Å². The highest BCUT2D eigenvalue weighted by molar-refractivity contribution is 7.89. The summed E-state index contributed by atoms with van der Waals surface area (Å²) in [6.07, 6.45) is 3.76. The molecular weight excluding hydrogens is 286 g/mol. The zero-order chi connectivity index (χ0) is 13.9. The minimum Gasteiger partial charge on any atom is -0.380 e. The molecule has 4 nitrogen and oxygen atoms in total. The first-order chi connectivity index (χ1) is 9.03. The summed E-state index contributed by atoms with van der Waals surface area (Å²) >= 11 is 5.76. The number of benzene rings is 1. The lowest BCUT2D eigenvalue weighted by atomic mass is 9.93. The van der Waals surface area contributed by atoms with E-state index in [-0.39, 0.29) is 17.0 Å². The van der Waals surface area contributed by atoms with Crippen molar-refractivity contribution >= 4 is 21.6 Å². The quantitative estimate of drug-likeness (QED) is 0.930. The van der Waals surface area contributed by atoms with Crippen LogP contribution in [-0.4, -0.2) is 27.7 Å². The third kappa shape index (κ3) is 3.69. The molecule has 2 rings (SSSR count). The molecule has 0 aromatic heterocycles. The molecule has 1 fully saturated rings. The highest BCUT2D eigenvalue weighted by Gasteiger charge is 2.29. The molecule has 1 aromatic rings. The van der Waals surface area contributed by atoms with E-state index in [1.54, 1.807) is 19.2 Å². The van der Waals surface area contributed by atoms with Crippen molar-refractivity contribution in [2.75, 3.05) is 7.11 Å². The van der Waals surface area contributed by atoms with Crippen LogP contribution in [0, 0.1) is 0 Å². The minimum absolute atomic E-state index is 0.0455. The highest BCUT2D eigenvalue weighted by atomic mass is 35.5. The van der Waals surface area contributed by atoms with Crippen molar-refractivity contribution in [3.8, 4) is 0 Å². The van der Waals surface area contributed by atoms with Gasteiger partial charge in [-0.15, -0.1) is 0 Å². The van der Waals surface area contributed by atoms with E-state index in [9.17, 15) is 8.42 Å². The Hall–Kier alpha value is -0.620. The van der Waals surface area contributed by atoms with E-state index >= 15 is 0 Å². The molecular formula is C13H18ClNO3S. The third-order valence-electron chi connectivity index (χ3n) is 3.44. The van der Waals surface area contributed by atoms with Gasteiger partial charge in [-0.2, -0.15) is 0 Å². The number of methoxy groups -OCH3 is 1. The van der Waals surface area contributed by atoms with Crippen LogP contribution in [0.25, 0.3) is 0 Å². The summed E-state index contributed by atoms with van der Waals surface area (Å²) < 4.78 is 32.6. The van der Waals surface area contributed by atoms with Gasteiger partial charge in [-0.25, -0.2) is 13.1 Å². The Kier molecular flexibility index (Phi) is 4.84. The summed E-state index contributed by atoms with van der Waals surface area (Å²) in [5.41, 5.74) is 0. The fraction of sp³-hybridized carbons (Fsp3) is 0.538. The maximum atomic E-state index is 12.3. The second-order valence-corrected chi connectivity index (χ2v) is 6.89. The van der Waals surface area contributed by atoms with Gasteiger partial charge in [0.25, 0.3) is 0 Å². The van der Waals surface area contributed by atoms with Crippen LogP contribution in [0.2, 0.25) is 5.02 Å². The molecule has 6 heteroatoms. The predicted molar refractivity (Wildman–Crippen MR) is 74.8 cm³/mol. The first kappa shape index (κ1) is 14.8. The largest absolute Gasteiger partial charge is 0.380 e. The van der Waals surface area contributed by atoms with E-state index in [1.807, 2.05) is 0 Å². The lowest BCUT2D eigenvalue weighted by Gasteiger charge is -2.30. The highest BCUT2D eigenvalue weighted by Crippen LogP contribution is 2.23. The van der Waals surface area contributed by atoms with E-state index in [0.29, 0.717) is 5.02 Å². The van der Waals surface area contributed by atoms with Gasteiger partial charge in [-0.3, -0.25) is 0 Å². The minimum atomic E-state index is -3.51. The summed E-state index contributed by atoms with van der Waals surface area (Å²) in [6, 6.07) is 6.01. The van der Waals surface area contributed by atoms with E-state index in [2.05, 4.69) is 4.72 Å². The third-order valence-corrected chi connectivity index (χ3v) is 5.19. The number of halogens is 1. The van der Waals surface area contributed by atoms with Gasteiger partial charge in [0.2, 0.25) is 10.0 Å². The average Bonchev–Trinajstić information content (AvgIpc) is 2.39. The van der Waals surface area contributed by atoms with Crippen LogP contribution >= 0.6 is 11.6 Å². The molecule has 0 spiro atoms. The van der Waals surface area contributed by atoms with Crippen LogP contribution in [-0.2, 0) is 14.8 Å². The molecule has 106 valence electrons. The molecule has 0 bridgehead atoms. The second kappa shape index (κ2) is 6.22. The molecule has 0 saturated heterocycles. The van der Waals surface area contributed by atoms with Gasteiger partial charge in [-0.1, -0.05) is 24.4 Å². The van der Waals surface area contributed by atoms with Gasteiger partial charge in [0.05, 0.1) is 11.0 Å². The van der Waals surface area contributed by atoms with Gasteiger partial charge in [-0.05, 0) is 37.1 Å². The Morgan fingerprint density at radius 2 is 1.84 bits per heavy atom. The van der Waals surface area contributed by atoms with Crippen LogP contribution in [0.3, 0.4) is 0 Å². The Morgan fingerprint density at radius 3 is 2.47 bits per heavy atom. The van der Waals surface area contributed by atoms with Crippen LogP contribution in [0.5, 0.6) is 0 Å². The lowest BCUT2D eigenvalue weighted by molar-refractivity contribution is 0.0493. The Labute approximate surface area is 119 Å². The maximum Gasteiger partial charge on any atom is 0.240 e. The fourth-order valence-corrected chi connectivity index (χ4v) is 3.82. The van der Waals surface area contributed by atoms with Gasteiger partial charge in [0, 0.05) is 18.2 Å². The first-order valence-corrected chi connectivity index (χ1v) is 8.20. The Balaban J connectivity index is 2.14. The van der Waals surface area contributed by atoms with Crippen LogP contribution < -0.4 is 4.72 Å². The zero-order valence-electron chi connectivity index (χ0n) is 10.8. The standard InChI is InChI=1S/C13H18ClNO3S/c1-18-13-5-3-2-4-12(13)15-19(16,17)11-8-6-10(14)7-9-11/h6-9,12-13,15H,2-5H2,1H3/t12-,13-/m1/s1. The lowest BCUT2D eigenvalue weighted by Crippen LogP contribution is -2.45. The summed E-state index contributed by atoms with van der Waals surface area (Å²) in [7, 11) is -1.88. The number of hydrogen-bond donors (Lipinski definition) is 1. The van der Waals surface area contributed by atoms with E-state index in [1.165, 1.54) is 12.1 Å². The smallest absolute Gasteiger partial charge is 0.240 e. The molecule has 1 aliphatic rings. The molecule has 2 atom stereocenters. The molecule has 0 aliphatic heterocycles. The molecule has 0 unspecified atom stereocenters. The van der Waals surface area contributed by atoms with Crippen molar-refractivity contribution in [1.29, 1.82) is 0 Å². The molecule has 19 heavy (non-hydrogen) atoms. The molecule has 1 saturated carbocycles. The van der Waals surface area contributed by atoms with Gasteiger partial charge < -0.3 is 4.74 Å². The van der Waals surface area contributed by atoms with Crippen molar-refractivity contribution in [2.24, 2.45) is 0 Å². The SMILES string of the molecule is CO[C@@H]1CCCC[C@H]1NS(=O)(=O)c1ccc(Cl)cc1. The molecule has 0 amide bonds. The number of rotatable bonds is 4. The summed E-state index contributed by atoms with van der Waals surface area (Å²) in [5, 5.41) is 0.520. The van der Waals surface area contributed by atoms with Gasteiger partial charge in [0.1, 0.15) is 0 Å². The van der Waals surface area contributed by atoms with E-state index < -0.39 is 10.0 Å². The molecule has 1 N–H and O–H groups in total. The van der Waals surface area contributed by atoms with Gasteiger partial charge in [0.15, 0.2) is 0 Å². The summed E-state index contributed by atoms with van der Waals surface area (Å²) in [6.45, 7) is 0. The molecule has 1 aromatic carbocycles. The summed E-state index contributed by atoms with van der Waals surface area (Å²) in [4.78, 5) is 0.234. The number of sulfonamides is 1. The number of hydrogen-bond acceptors (Lipinski definition) is 3. The number of ether oxygens (including phenoxy) is 1. The topological polar surface area (TPSA) is 55.4 Å². The maximum absolute atomic E-state index is 12.3. The zero-order valence-corrected chi connectivity index (χ0v) is 12.4. The molecule has 1 aliphatic carbocycles. The van der Waals surface area contributed by atoms with Crippen LogP contribution in [0.1, 0.15) is 25.7 Å². The second-order valence-electron chi connectivity index (χ2n) is 4.74. The number of nitrogens with one attached hydrogen (secondary N) is 1. The van der Waals surface area contributed by atoms with Crippen molar-refractivity contribution in [1.82, 2.24) is 4.72 Å². The Morgan fingerprint density at radius 1 is 1.21 bits per heavy atom. The van der Waals surface area contributed by atoms with E-state index in [0.717, 1.165) is 25.7 Å². The molecule has 0 heterocycles. The first-order valence-electron chi connectivity index (χ1n) is 6.33.